The van der Waals surface area contributed by atoms with Crippen molar-refractivity contribution in [2.75, 3.05) is 0 Å². The molecule has 4 aromatic rings. The maximum atomic E-state index is 13.0. The molecular weight excluding hydrogens is 398 g/mol. The largest absolute Gasteiger partial charge is 0.452 e. The summed E-state index contributed by atoms with van der Waals surface area (Å²) < 4.78 is 11.3. The van der Waals surface area contributed by atoms with Gasteiger partial charge in [-0.25, -0.2) is 4.79 Å². The number of rotatable bonds is 5. The van der Waals surface area contributed by atoms with E-state index in [-0.39, 0.29) is 22.6 Å². The van der Waals surface area contributed by atoms with Crippen LogP contribution in [0.3, 0.4) is 0 Å². The molecule has 0 bridgehead atoms. The van der Waals surface area contributed by atoms with E-state index in [0.717, 1.165) is 6.08 Å². The third-order valence-electron chi connectivity index (χ3n) is 4.49. The van der Waals surface area contributed by atoms with Gasteiger partial charge in [0.1, 0.15) is 5.58 Å². The molecule has 0 saturated carbocycles. The minimum absolute atomic E-state index is 0.0999. The molecule has 1 aromatic heterocycles. The predicted molar refractivity (Wildman–Crippen MR) is 116 cm³/mol. The summed E-state index contributed by atoms with van der Waals surface area (Å²) in [6.07, 6.45) is 2.47. The van der Waals surface area contributed by atoms with Crippen LogP contribution in [-0.4, -0.2) is 10.9 Å². The number of carbonyl (C=O) groups excluding carboxylic acids is 1. The van der Waals surface area contributed by atoms with Gasteiger partial charge < -0.3 is 9.15 Å². The van der Waals surface area contributed by atoms with Crippen molar-refractivity contribution in [3.8, 4) is 17.1 Å². The number of nitro groups is 1. The van der Waals surface area contributed by atoms with E-state index in [4.69, 9.17) is 9.15 Å². The molecule has 7 nitrogen and oxygen atoms in total. The quantitative estimate of drug-likeness (QED) is 0.198. The van der Waals surface area contributed by atoms with Crippen LogP contribution in [0.5, 0.6) is 5.75 Å². The Hall–Kier alpha value is -4.52. The molecule has 4 rings (SSSR count). The fraction of sp³-hybridized carbons (Fsp3) is 0. The molecule has 0 fully saturated rings. The fourth-order valence-corrected chi connectivity index (χ4v) is 3.04. The van der Waals surface area contributed by atoms with Crippen molar-refractivity contribution < 1.29 is 18.9 Å². The highest BCUT2D eigenvalue weighted by molar-refractivity contribution is 5.91. The lowest BCUT2D eigenvalue weighted by molar-refractivity contribution is -0.384. The van der Waals surface area contributed by atoms with Gasteiger partial charge in [-0.3, -0.25) is 14.9 Å². The lowest BCUT2D eigenvalue weighted by Crippen LogP contribution is -2.14. The summed E-state index contributed by atoms with van der Waals surface area (Å²) in [6, 6.07) is 21.3. The number of esters is 1. The second-order valence-corrected chi connectivity index (χ2v) is 6.56. The van der Waals surface area contributed by atoms with Crippen LogP contribution in [0.25, 0.3) is 28.4 Å². The monoisotopic (exact) mass is 413 g/mol. The number of hydrogen-bond acceptors (Lipinski definition) is 6. The van der Waals surface area contributed by atoms with Crippen molar-refractivity contribution in [3.63, 3.8) is 0 Å². The molecule has 0 atom stereocenters. The Morgan fingerprint density at radius 3 is 2.48 bits per heavy atom. The second kappa shape index (κ2) is 8.46. The van der Waals surface area contributed by atoms with E-state index < -0.39 is 16.3 Å². The van der Waals surface area contributed by atoms with Crippen molar-refractivity contribution in [3.05, 3.63) is 111 Å². The summed E-state index contributed by atoms with van der Waals surface area (Å²) in [5.74, 6) is -0.897. The molecule has 0 aliphatic carbocycles. The highest BCUT2D eigenvalue weighted by Gasteiger charge is 2.19. The highest BCUT2D eigenvalue weighted by atomic mass is 16.6. The first-order valence-electron chi connectivity index (χ1n) is 9.28. The molecule has 152 valence electrons. The van der Waals surface area contributed by atoms with E-state index in [1.54, 1.807) is 54.6 Å². The number of non-ortho nitro benzene ring substituents is 1. The van der Waals surface area contributed by atoms with Crippen LogP contribution >= 0.6 is 0 Å². The van der Waals surface area contributed by atoms with E-state index in [9.17, 15) is 19.7 Å². The van der Waals surface area contributed by atoms with Crippen LogP contribution < -0.4 is 10.2 Å². The molecular formula is C24H15NO6. The number of carbonyl (C=O) groups is 1. The molecule has 0 aliphatic rings. The average Bonchev–Trinajstić information content (AvgIpc) is 2.80. The summed E-state index contributed by atoms with van der Waals surface area (Å²) in [4.78, 5) is 35.8. The van der Waals surface area contributed by atoms with E-state index >= 15 is 0 Å². The van der Waals surface area contributed by atoms with Gasteiger partial charge in [0.05, 0.1) is 10.3 Å². The van der Waals surface area contributed by atoms with Crippen molar-refractivity contribution >= 4 is 28.7 Å². The predicted octanol–water partition coefficient (Wildman–Crippen LogP) is 4.99. The number of fused-ring (bicyclic) bond motifs is 1. The van der Waals surface area contributed by atoms with Crippen molar-refractivity contribution in [2.24, 2.45) is 0 Å². The van der Waals surface area contributed by atoms with Gasteiger partial charge in [-0.05, 0) is 23.8 Å². The third-order valence-corrected chi connectivity index (χ3v) is 4.49. The van der Waals surface area contributed by atoms with Crippen LogP contribution in [0, 0.1) is 10.1 Å². The minimum atomic E-state index is -0.814. The van der Waals surface area contributed by atoms with E-state index in [0.29, 0.717) is 16.7 Å². The molecule has 0 unspecified atom stereocenters. The Morgan fingerprint density at radius 2 is 1.71 bits per heavy atom. The first kappa shape index (κ1) is 19.8. The summed E-state index contributed by atoms with van der Waals surface area (Å²) in [7, 11) is 0. The van der Waals surface area contributed by atoms with Crippen LogP contribution in [0.1, 0.15) is 5.56 Å². The Morgan fingerprint density at radius 1 is 0.968 bits per heavy atom. The lowest BCUT2D eigenvalue weighted by atomic mass is 10.1. The van der Waals surface area contributed by atoms with Gasteiger partial charge >= 0.3 is 5.97 Å². The second-order valence-electron chi connectivity index (χ2n) is 6.56. The Labute approximate surface area is 176 Å². The zero-order valence-electron chi connectivity index (χ0n) is 16.1. The van der Waals surface area contributed by atoms with Crippen molar-refractivity contribution in [1.82, 2.24) is 0 Å². The van der Waals surface area contributed by atoms with E-state index in [1.165, 1.54) is 24.3 Å². The smallest absolute Gasteiger partial charge is 0.336 e. The Kier molecular flexibility index (Phi) is 5.40. The van der Waals surface area contributed by atoms with Gasteiger partial charge in [0.15, 0.2) is 5.76 Å². The van der Waals surface area contributed by atoms with Gasteiger partial charge in [-0.1, -0.05) is 54.6 Å². The van der Waals surface area contributed by atoms with Crippen LogP contribution in [0.2, 0.25) is 0 Å². The number of nitrogens with zero attached hydrogens (tertiary/aromatic N) is 1. The molecule has 0 saturated heterocycles. The topological polar surface area (TPSA) is 99.7 Å². The first-order chi connectivity index (χ1) is 15.0. The summed E-state index contributed by atoms with van der Waals surface area (Å²) in [5, 5.41) is 11.2. The van der Waals surface area contributed by atoms with Gasteiger partial charge in [0.2, 0.25) is 11.2 Å². The number of ether oxygens (including phenoxy) is 1. The maximum Gasteiger partial charge on any atom is 0.336 e. The average molecular weight is 413 g/mol. The summed E-state index contributed by atoms with van der Waals surface area (Å²) in [6.45, 7) is 0. The molecule has 0 radical (unpaired) electrons. The lowest BCUT2D eigenvalue weighted by Gasteiger charge is -2.09. The molecule has 0 spiro atoms. The zero-order chi connectivity index (χ0) is 21.8. The number of benzene rings is 3. The highest BCUT2D eigenvalue weighted by Crippen LogP contribution is 2.30. The molecule has 0 aliphatic heterocycles. The molecule has 1 heterocycles. The van der Waals surface area contributed by atoms with Gasteiger partial charge in [0, 0.05) is 23.8 Å². The van der Waals surface area contributed by atoms with E-state index in [2.05, 4.69) is 0 Å². The fourth-order valence-electron chi connectivity index (χ4n) is 3.04. The van der Waals surface area contributed by atoms with Crippen molar-refractivity contribution in [2.45, 2.75) is 0 Å². The Bertz CT molecular complexity index is 1370. The molecule has 7 heteroatoms. The maximum absolute atomic E-state index is 13.0. The molecule has 3 aromatic carbocycles. The zero-order valence-corrected chi connectivity index (χ0v) is 16.1. The number of hydrogen-bond donors (Lipinski definition) is 0. The normalized spacial score (nSPS) is 11.0. The molecule has 0 N–H and O–H groups in total. The van der Waals surface area contributed by atoms with Gasteiger partial charge in [0.25, 0.3) is 5.69 Å². The third kappa shape index (κ3) is 4.25. The molecule has 31 heavy (non-hydrogen) atoms. The standard InChI is InChI=1S/C24H15NO6/c26-21(14-13-16-7-6-10-18(15-16)25(28)29)31-24-22(27)19-11-4-5-12-20(19)30-23(24)17-8-2-1-3-9-17/h1-15H. The van der Waals surface area contributed by atoms with E-state index in [1.807, 2.05) is 6.07 Å². The Balaban J connectivity index is 1.71. The van der Waals surface area contributed by atoms with Crippen LogP contribution in [-0.2, 0) is 4.79 Å². The van der Waals surface area contributed by atoms with Crippen molar-refractivity contribution in [1.29, 1.82) is 0 Å². The first-order valence-corrected chi connectivity index (χ1v) is 9.28. The summed E-state index contributed by atoms with van der Waals surface area (Å²) in [5.41, 5.74) is 0.823. The van der Waals surface area contributed by atoms with Gasteiger partial charge in [-0.15, -0.1) is 0 Å². The minimum Gasteiger partial charge on any atom is -0.452 e. The molecule has 0 amide bonds. The number of para-hydroxylation sites is 1. The van der Waals surface area contributed by atoms with Gasteiger partial charge in [-0.2, -0.15) is 0 Å². The SMILES string of the molecule is O=C(C=Cc1cccc([N+](=O)[O-])c1)Oc1c(-c2ccccc2)oc2ccccc2c1=O. The van der Waals surface area contributed by atoms with Crippen LogP contribution in [0.15, 0.2) is 94.2 Å². The number of nitro benzene ring substituents is 1. The summed E-state index contributed by atoms with van der Waals surface area (Å²) >= 11 is 0. The van der Waals surface area contributed by atoms with Crippen LogP contribution in [0.4, 0.5) is 5.69 Å².